The second-order valence-electron chi connectivity index (χ2n) is 7.46. The number of nitrogens with one attached hydrogen (secondary N) is 2. The van der Waals surface area contributed by atoms with E-state index in [1.165, 1.54) is 23.9 Å². The molecule has 35 heavy (non-hydrogen) atoms. The molecule has 0 fully saturated rings. The van der Waals surface area contributed by atoms with Gasteiger partial charge in [-0.05, 0) is 36.9 Å². The van der Waals surface area contributed by atoms with Gasteiger partial charge in [0.2, 0.25) is 0 Å². The van der Waals surface area contributed by atoms with Gasteiger partial charge in [0.05, 0.1) is 16.0 Å². The molecule has 0 bridgehead atoms. The second kappa shape index (κ2) is 9.80. The number of aryl methyl sites for hydroxylation is 1. The van der Waals surface area contributed by atoms with Gasteiger partial charge in [-0.3, -0.25) is 10.4 Å². The first kappa shape index (κ1) is 24.9. The van der Waals surface area contributed by atoms with Gasteiger partial charge in [-0.2, -0.15) is 13.2 Å². The summed E-state index contributed by atoms with van der Waals surface area (Å²) >= 11 is 1.52. The lowest BCUT2D eigenvalue weighted by Gasteiger charge is -2.14. The molecule has 0 unspecified atom stereocenters. The first-order valence-corrected chi connectivity index (χ1v) is 12.9. The minimum atomic E-state index is -4.62. The zero-order chi connectivity index (χ0) is 25.2. The topological polar surface area (TPSA) is 96.9 Å². The lowest BCUT2D eigenvalue weighted by atomic mass is 10.2. The van der Waals surface area contributed by atoms with Crippen LogP contribution in [0.1, 0.15) is 18.1 Å². The third kappa shape index (κ3) is 5.55. The summed E-state index contributed by atoms with van der Waals surface area (Å²) in [4.78, 5) is 15.7. The molecule has 12 heteroatoms. The first-order chi connectivity index (χ1) is 16.6. The molecule has 182 valence electrons. The SMILES string of the molecule is CCSc1ccccc1-c1nc(NNS(=O)(=O)c2ccc(C)cc2)c2ncc(C(F)(F)F)cc2n1. The fourth-order valence-corrected chi connectivity index (χ4v) is 4.85. The van der Waals surface area contributed by atoms with Crippen molar-refractivity contribution >= 4 is 38.6 Å². The summed E-state index contributed by atoms with van der Waals surface area (Å²) in [5.74, 6) is 0.809. The largest absolute Gasteiger partial charge is 0.417 e. The van der Waals surface area contributed by atoms with E-state index in [4.69, 9.17) is 0 Å². The molecule has 4 aromatic rings. The van der Waals surface area contributed by atoms with Crippen LogP contribution in [0.25, 0.3) is 22.4 Å². The van der Waals surface area contributed by atoms with Crippen molar-refractivity contribution in [3.63, 3.8) is 0 Å². The van der Waals surface area contributed by atoms with Crippen LogP contribution in [0.2, 0.25) is 0 Å². The Labute approximate surface area is 204 Å². The minimum Gasteiger partial charge on any atom is -0.290 e. The number of benzene rings is 2. The van der Waals surface area contributed by atoms with Gasteiger partial charge in [0.1, 0.15) is 5.52 Å². The van der Waals surface area contributed by atoms with E-state index >= 15 is 0 Å². The van der Waals surface area contributed by atoms with Crippen LogP contribution in [0.5, 0.6) is 0 Å². The van der Waals surface area contributed by atoms with E-state index in [0.29, 0.717) is 11.8 Å². The number of alkyl halides is 3. The van der Waals surface area contributed by atoms with Gasteiger partial charge in [0, 0.05) is 16.7 Å². The van der Waals surface area contributed by atoms with Gasteiger partial charge in [-0.1, -0.05) is 42.8 Å². The van der Waals surface area contributed by atoms with Crippen molar-refractivity contribution in [1.82, 2.24) is 19.8 Å². The van der Waals surface area contributed by atoms with Crippen LogP contribution in [-0.2, 0) is 16.2 Å². The molecule has 0 aliphatic rings. The highest BCUT2D eigenvalue weighted by atomic mass is 32.2. The molecule has 0 radical (unpaired) electrons. The Bertz CT molecular complexity index is 1480. The highest BCUT2D eigenvalue weighted by Gasteiger charge is 2.32. The Morgan fingerprint density at radius 3 is 2.43 bits per heavy atom. The second-order valence-corrected chi connectivity index (χ2v) is 10.4. The van der Waals surface area contributed by atoms with Crippen molar-refractivity contribution in [1.29, 1.82) is 0 Å². The molecular weight excluding hydrogens is 499 g/mol. The number of fused-ring (bicyclic) bond motifs is 1. The number of pyridine rings is 1. The zero-order valence-electron chi connectivity index (χ0n) is 18.6. The average molecular weight is 520 g/mol. The molecular formula is C23H20F3N5O2S2. The molecule has 0 atom stereocenters. The first-order valence-electron chi connectivity index (χ1n) is 10.4. The Morgan fingerprint density at radius 1 is 1.03 bits per heavy atom. The molecule has 2 aromatic heterocycles. The Hall–Kier alpha value is -3.22. The zero-order valence-corrected chi connectivity index (χ0v) is 20.2. The maximum atomic E-state index is 13.3. The van der Waals surface area contributed by atoms with Crippen molar-refractivity contribution in [2.45, 2.75) is 29.8 Å². The van der Waals surface area contributed by atoms with Crippen LogP contribution in [-0.4, -0.2) is 29.1 Å². The van der Waals surface area contributed by atoms with Gasteiger partial charge >= 0.3 is 6.18 Å². The summed E-state index contributed by atoms with van der Waals surface area (Å²) in [6, 6.07) is 14.2. The van der Waals surface area contributed by atoms with E-state index < -0.39 is 21.8 Å². The molecule has 0 aliphatic carbocycles. The van der Waals surface area contributed by atoms with Crippen LogP contribution < -0.4 is 10.3 Å². The van der Waals surface area contributed by atoms with Crippen molar-refractivity contribution in [2.75, 3.05) is 11.2 Å². The third-order valence-corrected chi connectivity index (χ3v) is 7.15. The molecule has 0 amide bonds. The molecule has 2 aromatic carbocycles. The summed E-state index contributed by atoms with van der Waals surface area (Å²) in [6.45, 7) is 3.79. The fraction of sp³-hybridized carbons (Fsp3) is 0.174. The maximum absolute atomic E-state index is 13.3. The van der Waals surface area contributed by atoms with Crippen molar-refractivity contribution in [3.05, 3.63) is 71.9 Å². The molecule has 2 heterocycles. The lowest BCUT2D eigenvalue weighted by Crippen LogP contribution is -2.30. The summed E-state index contributed by atoms with van der Waals surface area (Å²) in [6.07, 6.45) is -3.96. The summed E-state index contributed by atoms with van der Waals surface area (Å²) in [5.41, 5.74) is 2.93. The molecule has 0 saturated heterocycles. The smallest absolute Gasteiger partial charge is 0.290 e. The molecule has 7 nitrogen and oxygen atoms in total. The van der Waals surface area contributed by atoms with E-state index in [1.807, 2.05) is 26.0 Å². The number of hydrazine groups is 1. The van der Waals surface area contributed by atoms with Crippen molar-refractivity contribution in [2.24, 2.45) is 0 Å². The third-order valence-electron chi connectivity index (χ3n) is 4.93. The highest BCUT2D eigenvalue weighted by Crippen LogP contribution is 2.34. The number of hydrogen-bond acceptors (Lipinski definition) is 7. The Morgan fingerprint density at radius 2 is 1.74 bits per heavy atom. The summed E-state index contributed by atoms with van der Waals surface area (Å²) < 4.78 is 65.5. The number of sulfonamides is 1. The van der Waals surface area contributed by atoms with E-state index in [-0.39, 0.29) is 27.6 Å². The monoisotopic (exact) mass is 519 g/mol. The van der Waals surface area contributed by atoms with Crippen LogP contribution >= 0.6 is 11.8 Å². The molecule has 0 spiro atoms. The van der Waals surface area contributed by atoms with Crippen LogP contribution in [0.15, 0.2) is 70.6 Å². The van der Waals surface area contributed by atoms with E-state index in [9.17, 15) is 21.6 Å². The minimum absolute atomic E-state index is 0.00573. The molecule has 2 N–H and O–H groups in total. The van der Waals surface area contributed by atoms with Gasteiger partial charge in [0.25, 0.3) is 10.0 Å². The van der Waals surface area contributed by atoms with Crippen molar-refractivity contribution < 1.29 is 21.6 Å². The molecule has 0 aliphatic heterocycles. The van der Waals surface area contributed by atoms with Gasteiger partial charge in [0.15, 0.2) is 11.6 Å². The number of hydrogen-bond donors (Lipinski definition) is 2. The maximum Gasteiger partial charge on any atom is 0.417 e. The fourth-order valence-electron chi connectivity index (χ4n) is 3.21. The van der Waals surface area contributed by atoms with Gasteiger partial charge in [-0.15, -0.1) is 16.6 Å². The number of nitrogens with zero attached hydrogens (tertiary/aromatic N) is 3. The van der Waals surface area contributed by atoms with Gasteiger partial charge < -0.3 is 0 Å². The quantitative estimate of drug-likeness (QED) is 0.248. The summed E-state index contributed by atoms with van der Waals surface area (Å²) in [5, 5.41) is 0. The van der Waals surface area contributed by atoms with Crippen LogP contribution in [0, 0.1) is 6.92 Å². The number of anilines is 1. The Kier molecular flexibility index (Phi) is 6.97. The number of aromatic nitrogens is 3. The van der Waals surface area contributed by atoms with Gasteiger partial charge in [-0.25, -0.2) is 18.4 Å². The van der Waals surface area contributed by atoms with E-state index in [2.05, 4.69) is 25.2 Å². The lowest BCUT2D eigenvalue weighted by molar-refractivity contribution is -0.137. The van der Waals surface area contributed by atoms with E-state index in [1.54, 1.807) is 24.3 Å². The predicted molar refractivity (Wildman–Crippen MR) is 129 cm³/mol. The number of thioether (sulfide) groups is 1. The number of rotatable bonds is 7. The number of halogens is 3. The molecule has 0 saturated carbocycles. The van der Waals surface area contributed by atoms with Crippen LogP contribution in [0.4, 0.5) is 19.0 Å². The van der Waals surface area contributed by atoms with E-state index in [0.717, 1.165) is 22.3 Å². The highest BCUT2D eigenvalue weighted by molar-refractivity contribution is 7.99. The van der Waals surface area contributed by atoms with Crippen molar-refractivity contribution in [3.8, 4) is 11.4 Å². The average Bonchev–Trinajstić information content (AvgIpc) is 2.82. The van der Waals surface area contributed by atoms with Crippen LogP contribution in [0.3, 0.4) is 0 Å². The summed E-state index contributed by atoms with van der Waals surface area (Å²) in [7, 11) is -4.00. The Balaban J connectivity index is 1.81. The normalized spacial score (nSPS) is 12.1. The predicted octanol–water partition coefficient (Wildman–Crippen LogP) is 5.44. The molecule has 4 rings (SSSR count). The standard InChI is InChI=1S/C23H20F3N5O2S2/c1-3-34-19-7-5-4-6-17(19)21-28-18-12-15(23(24,25)26)13-27-20(18)22(29-21)30-31-35(32,33)16-10-8-14(2)9-11-16/h4-13,31H,3H2,1-2H3,(H,28,29,30).